The number of para-hydroxylation sites is 1. The summed E-state index contributed by atoms with van der Waals surface area (Å²) in [6.45, 7) is 6.43. The highest BCUT2D eigenvalue weighted by atomic mass is 127. The molecule has 1 rings (SSSR count). The zero-order valence-corrected chi connectivity index (χ0v) is 18.2. The quantitative estimate of drug-likeness (QED) is 0.366. The average molecular weight is 462 g/mol. The molecule has 0 heterocycles. The van der Waals surface area contributed by atoms with Crippen molar-refractivity contribution in [3.05, 3.63) is 30.3 Å². The third-order valence-electron chi connectivity index (χ3n) is 3.33. The second-order valence-electron chi connectivity index (χ2n) is 6.29. The number of nitrogens with one attached hydrogen (secondary N) is 1. The summed E-state index contributed by atoms with van der Waals surface area (Å²) in [5.41, 5.74) is 0. The van der Waals surface area contributed by atoms with Crippen LogP contribution in [0.5, 0.6) is 5.75 Å². The summed E-state index contributed by atoms with van der Waals surface area (Å²) in [6.07, 6.45) is 0. The molecule has 0 aromatic heterocycles. The summed E-state index contributed by atoms with van der Waals surface area (Å²) >= 11 is 0. The molecule has 0 aliphatic rings. The lowest BCUT2D eigenvalue weighted by molar-refractivity contribution is -0.127. The number of hydrogen-bond acceptors (Lipinski definition) is 3. The molecular weight excluding hydrogens is 431 g/mol. The SMILES string of the molecule is CC(C)CNC(=NCC(=O)N(C)C)N(C)CCOc1ccccc1.I. The maximum absolute atomic E-state index is 11.8. The molecule has 0 unspecified atom stereocenters. The van der Waals surface area contributed by atoms with Gasteiger partial charge in [0, 0.05) is 27.7 Å². The van der Waals surface area contributed by atoms with E-state index in [9.17, 15) is 4.79 Å². The van der Waals surface area contributed by atoms with E-state index >= 15 is 0 Å². The number of halogens is 1. The van der Waals surface area contributed by atoms with Gasteiger partial charge in [-0.15, -0.1) is 24.0 Å². The number of rotatable bonds is 8. The first-order chi connectivity index (χ1) is 11.4. The van der Waals surface area contributed by atoms with Crippen LogP contribution in [0.2, 0.25) is 0 Å². The van der Waals surface area contributed by atoms with Gasteiger partial charge >= 0.3 is 0 Å². The van der Waals surface area contributed by atoms with Gasteiger partial charge in [0.15, 0.2) is 5.96 Å². The predicted molar refractivity (Wildman–Crippen MR) is 114 cm³/mol. The summed E-state index contributed by atoms with van der Waals surface area (Å²) < 4.78 is 5.72. The minimum absolute atomic E-state index is 0. The Morgan fingerprint density at radius 1 is 1.20 bits per heavy atom. The molecular formula is C18H31IN4O2. The van der Waals surface area contributed by atoms with Crippen LogP contribution in [0, 0.1) is 5.92 Å². The van der Waals surface area contributed by atoms with Gasteiger partial charge in [0.1, 0.15) is 18.9 Å². The van der Waals surface area contributed by atoms with Crippen LogP contribution >= 0.6 is 24.0 Å². The van der Waals surface area contributed by atoms with Gasteiger partial charge in [0.25, 0.3) is 0 Å². The highest BCUT2D eigenvalue weighted by molar-refractivity contribution is 14.0. The smallest absolute Gasteiger partial charge is 0.243 e. The topological polar surface area (TPSA) is 57.2 Å². The monoisotopic (exact) mass is 462 g/mol. The fraction of sp³-hybridized carbons (Fsp3) is 0.556. The van der Waals surface area contributed by atoms with Gasteiger partial charge in [-0.25, -0.2) is 4.99 Å². The predicted octanol–water partition coefficient (Wildman–Crippen LogP) is 2.31. The highest BCUT2D eigenvalue weighted by Gasteiger charge is 2.09. The van der Waals surface area contributed by atoms with Crippen LogP contribution < -0.4 is 10.1 Å². The van der Waals surface area contributed by atoms with Crippen LogP contribution in [0.3, 0.4) is 0 Å². The molecule has 1 aromatic rings. The van der Waals surface area contributed by atoms with Gasteiger partial charge in [0.2, 0.25) is 5.91 Å². The van der Waals surface area contributed by atoms with Crippen LogP contribution in [0.4, 0.5) is 0 Å². The normalized spacial score (nSPS) is 10.9. The highest BCUT2D eigenvalue weighted by Crippen LogP contribution is 2.07. The molecule has 142 valence electrons. The lowest BCUT2D eigenvalue weighted by atomic mass is 10.2. The van der Waals surface area contributed by atoms with Crippen molar-refractivity contribution in [2.24, 2.45) is 10.9 Å². The molecule has 0 saturated carbocycles. The van der Waals surface area contributed by atoms with Gasteiger partial charge in [-0.3, -0.25) is 4.79 Å². The number of carbonyl (C=O) groups excluding carboxylic acids is 1. The number of nitrogens with zero attached hydrogens (tertiary/aromatic N) is 3. The molecule has 0 fully saturated rings. The number of ether oxygens (including phenoxy) is 1. The molecule has 1 N–H and O–H groups in total. The second-order valence-corrected chi connectivity index (χ2v) is 6.29. The Morgan fingerprint density at radius 3 is 2.40 bits per heavy atom. The van der Waals surface area contributed by atoms with Crippen LogP contribution in [-0.4, -0.2) is 69.1 Å². The number of benzene rings is 1. The minimum Gasteiger partial charge on any atom is -0.492 e. The van der Waals surface area contributed by atoms with Crippen molar-refractivity contribution in [3.63, 3.8) is 0 Å². The van der Waals surface area contributed by atoms with Crippen molar-refractivity contribution >= 4 is 35.8 Å². The van der Waals surface area contributed by atoms with Gasteiger partial charge in [0.05, 0.1) is 6.54 Å². The summed E-state index contributed by atoms with van der Waals surface area (Å²) in [5.74, 6) is 2.04. The van der Waals surface area contributed by atoms with Gasteiger partial charge in [-0.05, 0) is 18.1 Å². The number of amides is 1. The Bertz CT molecular complexity index is 521. The Hall–Kier alpha value is -1.51. The van der Waals surface area contributed by atoms with Crippen molar-refractivity contribution in [3.8, 4) is 5.75 Å². The largest absolute Gasteiger partial charge is 0.492 e. The van der Waals surface area contributed by atoms with E-state index in [1.54, 1.807) is 19.0 Å². The van der Waals surface area contributed by atoms with E-state index in [0.717, 1.165) is 18.3 Å². The molecule has 7 heteroatoms. The standard InChI is InChI=1S/C18H30N4O2.HI/c1-15(2)13-19-18(20-14-17(23)21(3)4)22(5)11-12-24-16-9-7-6-8-10-16;/h6-10,15H,11-14H2,1-5H3,(H,19,20);1H. The van der Waals surface area contributed by atoms with Crippen LogP contribution in [0.1, 0.15) is 13.8 Å². The molecule has 0 aliphatic carbocycles. The Morgan fingerprint density at radius 2 is 1.84 bits per heavy atom. The summed E-state index contributed by atoms with van der Waals surface area (Å²) in [6, 6.07) is 9.72. The maximum atomic E-state index is 11.8. The molecule has 1 aromatic carbocycles. The zero-order chi connectivity index (χ0) is 17.9. The van der Waals surface area contributed by atoms with Gasteiger partial charge in [-0.2, -0.15) is 0 Å². The lowest BCUT2D eigenvalue weighted by Crippen LogP contribution is -2.43. The number of likely N-dealkylation sites (N-methyl/N-ethyl adjacent to an activating group) is 2. The Balaban J connectivity index is 0.00000576. The Labute approximate surface area is 168 Å². The average Bonchev–Trinajstić information content (AvgIpc) is 2.55. The van der Waals surface area contributed by atoms with Crippen molar-refractivity contribution in [1.82, 2.24) is 15.1 Å². The number of guanidine groups is 1. The van der Waals surface area contributed by atoms with Gasteiger partial charge in [-0.1, -0.05) is 32.0 Å². The lowest BCUT2D eigenvalue weighted by Gasteiger charge is -2.23. The van der Waals surface area contributed by atoms with E-state index in [2.05, 4.69) is 24.2 Å². The van der Waals surface area contributed by atoms with Crippen molar-refractivity contribution < 1.29 is 9.53 Å². The van der Waals surface area contributed by atoms with Gasteiger partial charge < -0.3 is 19.9 Å². The first-order valence-corrected chi connectivity index (χ1v) is 8.27. The molecule has 0 bridgehead atoms. The molecule has 0 radical (unpaired) electrons. The molecule has 1 amide bonds. The van der Waals surface area contributed by atoms with Crippen LogP contribution in [0.15, 0.2) is 35.3 Å². The number of aliphatic imine (C=N–C) groups is 1. The van der Waals surface area contributed by atoms with E-state index in [-0.39, 0.29) is 36.4 Å². The van der Waals surface area contributed by atoms with Crippen molar-refractivity contribution in [1.29, 1.82) is 0 Å². The molecule has 0 saturated heterocycles. The number of carbonyl (C=O) groups is 1. The summed E-state index contributed by atoms with van der Waals surface area (Å²) in [5, 5.41) is 3.31. The molecule has 6 nitrogen and oxygen atoms in total. The molecule has 0 spiro atoms. The molecule has 0 atom stereocenters. The van der Waals surface area contributed by atoms with E-state index in [1.165, 1.54) is 0 Å². The molecule has 0 aliphatic heterocycles. The first-order valence-electron chi connectivity index (χ1n) is 8.27. The van der Waals surface area contributed by atoms with E-state index < -0.39 is 0 Å². The third-order valence-corrected chi connectivity index (χ3v) is 3.33. The summed E-state index contributed by atoms with van der Waals surface area (Å²) in [7, 11) is 5.41. The second kappa shape index (κ2) is 12.8. The fourth-order valence-corrected chi connectivity index (χ4v) is 1.81. The third kappa shape index (κ3) is 10.2. The Kier molecular flexibility index (Phi) is 12.0. The van der Waals surface area contributed by atoms with E-state index in [4.69, 9.17) is 4.74 Å². The maximum Gasteiger partial charge on any atom is 0.243 e. The van der Waals surface area contributed by atoms with Crippen LogP contribution in [-0.2, 0) is 4.79 Å². The van der Waals surface area contributed by atoms with Crippen molar-refractivity contribution in [2.75, 3.05) is 47.4 Å². The van der Waals surface area contributed by atoms with E-state index in [0.29, 0.717) is 19.1 Å². The minimum atomic E-state index is -0.0206. The zero-order valence-electron chi connectivity index (χ0n) is 15.9. The van der Waals surface area contributed by atoms with Crippen LogP contribution in [0.25, 0.3) is 0 Å². The first kappa shape index (κ1) is 23.5. The molecule has 25 heavy (non-hydrogen) atoms. The fourth-order valence-electron chi connectivity index (χ4n) is 1.81. The van der Waals surface area contributed by atoms with E-state index in [1.807, 2.05) is 42.3 Å². The number of hydrogen-bond donors (Lipinski definition) is 1. The summed E-state index contributed by atoms with van der Waals surface area (Å²) in [4.78, 5) is 19.7. The van der Waals surface area contributed by atoms with Crippen molar-refractivity contribution in [2.45, 2.75) is 13.8 Å².